The third-order valence-corrected chi connectivity index (χ3v) is 5.45. The van der Waals surface area contributed by atoms with E-state index in [9.17, 15) is 14.7 Å². The Labute approximate surface area is 143 Å². The fourth-order valence-electron chi connectivity index (χ4n) is 3.06. The average molecular weight is 335 g/mol. The van der Waals surface area contributed by atoms with Gasteiger partial charge < -0.3 is 10.4 Å². The first-order chi connectivity index (χ1) is 11.4. The van der Waals surface area contributed by atoms with Crippen LogP contribution in [0.15, 0.2) is 6.20 Å². The first-order valence-corrected chi connectivity index (χ1v) is 8.99. The molecule has 6 nitrogen and oxygen atoms in total. The Morgan fingerprint density at radius 3 is 2.46 bits per heavy atom. The lowest BCUT2D eigenvalue weighted by atomic mass is 9.82. The maximum atomic E-state index is 12.7. The van der Waals surface area contributed by atoms with Crippen molar-refractivity contribution >= 4 is 11.9 Å². The number of carboxylic acids is 1. The second kappa shape index (κ2) is 7.36. The standard InChI is InChI=1S/C18H29N3O3/c1-5-12(4)21-15(13-8-9-13)14(10-20-21)16(22)19-11-18(6-2,7-3)17(23)24/h10,12-13H,5-9,11H2,1-4H3,(H,19,22)(H,23,24). The third kappa shape index (κ3) is 3.47. The van der Waals surface area contributed by atoms with Gasteiger partial charge >= 0.3 is 5.97 Å². The van der Waals surface area contributed by atoms with E-state index in [0.717, 1.165) is 25.0 Å². The lowest BCUT2D eigenvalue weighted by Crippen LogP contribution is -2.42. The van der Waals surface area contributed by atoms with Gasteiger partial charge in [0.05, 0.1) is 22.9 Å². The molecule has 1 saturated carbocycles. The Bertz CT molecular complexity index is 601. The second-order valence-corrected chi connectivity index (χ2v) is 6.89. The van der Waals surface area contributed by atoms with Crippen LogP contribution in [-0.2, 0) is 4.79 Å². The van der Waals surface area contributed by atoms with Crippen LogP contribution in [0.25, 0.3) is 0 Å². The highest BCUT2D eigenvalue weighted by Crippen LogP contribution is 2.42. The van der Waals surface area contributed by atoms with Gasteiger partial charge in [-0.05, 0) is 39.0 Å². The van der Waals surface area contributed by atoms with E-state index in [1.54, 1.807) is 6.20 Å². The van der Waals surface area contributed by atoms with Crippen LogP contribution in [0.2, 0.25) is 0 Å². The van der Waals surface area contributed by atoms with E-state index in [2.05, 4.69) is 24.3 Å². The van der Waals surface area contributed by atoms with Gasteiger partial charge in [0.15, 0.2) is 0 Å². The maximum Gasteiger partial charge on any atom is 0.311 e. The van der Waals surface area contributed by atoms with Gasteiger partial charge in [-0.25, -0.2) is 0 Å². The van der Waals surface area contributed by atoms with Crippen molar-refractivity contribution in [3.63, 3.8) is 0 Å². The molecule has 2 N–H and O–H groups in total. The van der Waals surface area contributed by atoms with Crippen molar-refractivity contribution in [1.82, 2.24) is 15.1 Å². The molecule has 0 spiro atoms. The largest absolute Gasteiger partial charge is 0.481 e. The van der Waals surface area contributed by atoms with Crippen molar-refractivity contribution in [2.24, 2.45) is 5.41 Å². The van der Waals surface area contributed by atoms with Gasteiger partial charge in [-0.15, -0.1) is 0 Å². The number of nitrogens with zero attached hydrogens (tertiary/aromatic N) is 2. The number of aromatic nitrogens is 2. The molecule has 1 atom stereocenters. The van der Waals surface area contributed by atoms with E-state index in [0.29, 0.717) is 24.3 Å². The number of aliphatic carboxylic acids is 1. The van der Waals surface area contributed by atoms with E-state index in [4.69, 9.17) is 0 Å². The van der Waals surface area contributed by atoms with Crippen LogP contribution < -0.4 is 5.32 Å². The molecule has 1 amide bonds. The second-order valence-electron chi connectivity index (χ2n) is 6.89. The van der Waals surface area contributed by atoms with Crippen molar-refractivity contribution in [2.75, 3.05) is 6.54 Å². The highest BCUT2D eigenvalue weighted by Gasteiger charge is 2.37. The summed E-state index contributed by atoms with van der Waals surface area (Å²) in [5.41, 5.74) is 0.710. The molecule has 0 bridgehead atoms. The summed E-state index contributed by atoms with van der Waals surface area (Å²) >= 11 is 0. The van der Waals surface area contributed by atoms with E-state index >= 15 is 0 Å². The van der Waals surface area contributed by atoms with Gasteiger partial charge in [0.25, 0.3) is 5.91 Å². The van der Waals surface area contributed by atoms with Crippen LogP contribution in [0.5, 0.6) is 0 Å². The number of rotatable bonds is 9. The molecule has 134 valence electrons. The molecule has 1 unspecified atom stereocenters. The Balaban J connectivity index is 2.18. The lowest BCUT2D eigenvalue weighted by molar-refractivity contribution is -0.149. The lowest BCUT2D eigenvalue weighted by Gasteiger charge is -2.26. The van der Waals surface area contributed by atoms with Crippen molar-refractivity contribution in [1.29, 1.82) is 0 Å². The number of carboxylic acid groups (broad SMARTS) is 1. The molecule has 1 aliphatic carbocycles. The minimum Gasteiger partial charge on any atom is -0.481 e. The summed E-state index contributed by atoms with van der Waals surface area (Å²) in [6, 6.07) is 0.256. The fourth-order valence-corrected chi connectivity index (χ4v) is 3.06. The zero-order chi connectivity index (χ0) is 17.9. The Morgan fingerprint density at radius 1 is 1.38 bits per heavy atom. The molecule has 1 heterocycles. The molecule has 6 heteroatoms. The summed E-state index contributed by atoms with van der Waals surface area (Å²) < 4.78 is 1.97. The Morgan fingerprint density at radius 2 is 2.00 bits per heavy atom. The van der Waals surface area contributed by atoms with E-state index < -0.39 is 11.4 Å². The minimum atomic E-state index is -0.901. The van der Waals surface area contributed by atoms with Gasteiger partial charge in [-0.2, -0.15) is 5.10 Å². The molecule has 0 aromatic carbocycles. The van der Waals surface area contributed by atoms with Crippen LogP contribution in [0.1, 0.15) is 87.8 Å². The quantitative estimate of drug-likeness (QED) is 0.725. The molecular formula is C18H29N3O3. The number of nitrogens with one attached hydrogen (secondary N) is 1. The average Bonchev–Trinajstić information content (AvgIpc) is 3.33. The normalized spacial score (nSPS) is 16.0. The van der Waals surface area contributed by atoms with Crippen molar-refractivity contribution in [2.45, 2.75) is 71.8 Å². The van der Waals surface area contributed by atoms with Crippen molar-refractivity contribution in [3.05, 3.63) is 17.5 Å². The van der Waals surface area contributed by atoms with Crippen LogP contribution in [0.3, 0.4) is 0 Å². The molecule has 24 heavy (non-hydrogen) atoms. The predicted molar refractivity (Wildman–Crippen MR) is 92.2 cm³/mol. The van der Waals surface area contributed by atoms with Crippen LogP contribution in [-0.4, -0.2) is 33.3 Å². The summed E-state index contributed by atoms with van der Waals surface area (Å²) in [6.45, 7) is 8.05. The number of hydrogen-bond acceptors (Lipinski definition) is 3. The summed E-state index contributed by atoms with van der Waals surface area (Å²) in [6.07, 6.45) is 5.74. The van der Waals surface area contributed by atoms with Crippen LogP contribution in [0, 0.1) is 5.41 Å². The minimum absolute atomic E-state index is 0.146. The molecule has 1 aromatic rings. The van der Waals surface area contributed by atoms with Crippen LogP contribution >= 0.6 is 0 Å². The first kappa shape index (κ1) is 18.5. The van der Waals surface area contributed by atoms with E-state index in [1.807, 2.05) is 18.5 Å². The molecule has 2 rings (SSSR count). The summed E-state index contributed by atoms with van der Waals surface area (Å²) in [5.74, 6) is -0.659. The molecule has 1 aliphatic rings. The summed E-state index contributed by atoms with van der Waals surface area (Å²) in [4.78, 5) is 24.2. The Kier molecular flexibility index (Phi) is 5.67. The van der Waals surface area contributed by atoms with Gasteiger partial charge in [0.1, 0.15) is 0 Å². The topological polar surface area (TPSA) is 84.2 Å². The van der Waals surface area contributed by atoms with Crippen LogP contribution in [0.4, 0.5) is 0 Å². The maximum absolute atomic E-state index is 12.7. The van der Waals surface area contributed by atoms with E-state index in [-0.39, 0.29) is 18.5 Å². The number of amides is 1. The van der Waals surface area contributed by atoms with Crippen molar-refractivity contribution < 1.29 is 14.7 Å². The highest BCUT2D eigenvalue weighted by molar-refractivity contribution is 5.95. The summed E-state index contributed by atoms with van der Waals surface area (Å²) in [5, 5.41) is 16.8. The molecule has 0 radical (unpaired) electrons. The number of carbonyl (C=O) groups excluding carboxylic acids is 1. The zero-order valence-electron chi connectivity index (χ0n) is 15.1. The Hall–Kier alpha value is -1.85. The van der Waals surface area contributed by atoms with Gasteiger partial charge in [-0.3, -0.25) is 14.3 Å². The third-order valence-electron chi connectivity index (χ3n) is 5.45. The molecule has 1 aromatic heterocycles. The smallest absolute Gasteiger partial charge is 0.311 e. The van der Waals surface area contributed by atoms with E-state index in [1.165, 1.54) is 0 Å². The van der Waals surface area contributed by atoms with Gasteiger partial charge in [0.2, 0.25) is 0 Å². The molecule has 0 aliphatic heterocycles. The molecule has 1 fully saturated rings. The predicted octanol–water partition coefficient (Wildman–Crippen LogP) is 3.35. The first-order valence-electron chi connectivity index (χ1n) is 8.99. The van der Waals surface area contributed by atoms with Gasteiger partial charge in [0, 0.05) is 18.5 Å². The number of hydrogen-bond donors (Lipinski definition) is 2. The zero-order valence-corrected chi connectivity index (χ0v) is 15.1. The van der Waals surface area contributed by atoms with Gasteiger partial charge in [-0.1, -0.05) is 20.8 Å². The molecule has 0 saturated heterocycles. The SMILES string of the molecule is CCC(C)n1ncc(C(=O)NCC(CC)(CC)C(=O)O)c1C1CC1. The fraction of sp³-hybridized carbons (Fsp3) is 0.722. The summed E-state index contributed by atoms with van der Waals surface area (Å²) in [7, 11) is 0. The molecular weight excluding hydrogens is 306 g/mol. The highest BCUT2D eigenvalue weighted by atomic mass is 16.4. The monoisotopic (exact) mass is 335 g/mol. The van der Waals surface area contributed by atoms with Crippen molar-refractivity contribution in [3.8, 4) is 0 Å². The number of carbonyl (C=O) groups is 2.